The van der Waals surface area contributed by atoms with Crippen molar-refractivity contribution < 1.29 is 4.79 Å². The van der Waals surface area contributed by atoms with E-state index in [-0.39, 0.29) is 17.2 Å². The second-order valence-corrected chi connectivity index (χ2v) is 5.30. The summed E-state index contributed by atoms with van der Waals surface area (Å²) in [5.74, 6) is 0.882. The van der Waals surface area contributed by atoms with Gasteiger partial charge in [0.1, 0.15) is 0 Å². The number of rotatable bonds is 2. The second-order valence-electron chi connectivity index (χ2n) is 5.30. The van der Waals surface area contributed by atoms with E-state index in [2.05, 4.69) is 33.8 Å². The summed E-state index contributed by atoms with van der Waals surface area (Å²) in [5.41, 5.74) is 1.45. The summed E-state index contributed by atoms with van der Waals surface area (Å²) in [6.45, 7) is 8.52. The number of carbonyl (C=O) groups is 1. The van der Waals surface area contributed by atoms with Crippen molar-refractivity contribution in [3.8, 4) is 0 Å². The van der Waals surface area contributed by atoms with Crippen LogP contribution in [-0.4, -0.2) is 24.9 Å². The van der Waals surface area contributed by atoms with Crippen molar-refractivity contribution >= 4 is 5.91 Å². The zero-order valence-electron chi connectivity index (χ0n) is 10.1. The largest absolute Gasteiger partial charge is 0.349 e. The first-order chi connectivity index (χ1) is 6.28. The monoisotopic (exact) mass is 195 g/mol. The highest BCUT2D eigenvalue weighted by Gasteiger charge is 2.60. The predicted octanol–water partition coefficient (Wildman–Crippen LogP) is 2.31. The molecule has 14 heavy (non-hydrogen) atoms. The molecular formula is C12H21NO. The van der Waals surface area contributed by atoms with Crippen LogP contribution in [0.5, 0.6) is 0 Å². The topological polar surface area (TPSA) is 20.3 Å². The van der Waals surface area contributed by atoms with Gasteiger partial charge in [-0.2, -0.15) is 0 Å². The summed E-state index contributed by atoms with van der Waals surface area (Å²) in [4.78, 5) is 13.5. The molecule has 0 N–H and O–H groups in total. The van der Waals surface area contributed by atoms with Crippen molar-refractivity contribution in [2.45, 2.75) is 27.7 Å². The minimum atomic E-state index is 0.151. The maximum absolute atomic E-state index is 11.8. The van der Waals surface area contributed by atoms with Gasteiger partial charge < -0.3 is 4.90 Å². The SMILES string of the molecule is CC(C)=C[C@H]1[C@H](C(=O)N(C)C)C1(C)C. The molecule has 1 aliphatic rings. The Morgan fingerprint density at radius 3 is 2.14 bits per heavy atom. The van der Waals surface area contributed by atoms with Crippen molar-refractivity contribution in [1.29, 1.82) is 0 Å². The average Bonchev–Trinajstić information content (AvgIpc) is 2.50. The Morgan fingerprint density at radius 2 is 1.79 bits per heavy atom. The molecule has 0 aromatic rings. The third-order valence-corrected chi connectivity index (χ3v) is 3.13. The molecule has 0 heterocycles. The van der Waals surface area contributed by atoms with Crippen molar-refractivity contribution in [2.24, 2.45) is 17.3 Å². The van der Waals surface area contributed by atoms with Crippen LogP contribution >= 0.6 is 0 Å². The molecule has 2 nitrogen and oxygen atoms in total. The minimum Gasteiger partial charge on any atom is -0.349 e. The average molecular weight is 195 g/mol. The summed E-state index contributed by atoms with van der Waals surface area (Å²) < 4.78 is 0. The summed E-state index contributed by atoms with van der Waals surface area (Å²) in [5, 5.41) is 0. The van der Waals surface area contributed by atoms with Gasteiger partial charge in [-0.05, 0) is 25.2 Å². The van der Waals surface area contributed by atoms with Crippen LogP contribution in [0.2, 0.25) is 0 Å². The maximum Gasteiger partial charge on any atom is 0.226 e. The van der Waals surface area contributed by atoms with Crippen LogP contribution < -0.4 is 0 Å². The van der Waals surface area contributed by atoms with E-state index in [9.17, 15) is 4.79 Å². The molecule has 0 saturated heterocycles. The zero-order chi connectivity index (χ0) is 11.1. The highest BCUT2D eigenvalue weighted by Crippen LogP contribution is 2.59. The van der Waals surface area contributed by atoms with Crippen molar-refractivity contribution in [2.75, 3.05) is 14.1 Å². The van der Waals surface area contributed by atoms with Gasteiger partial charge in [-0.1, -0.05) is 25.5 Å². The van der Waals surface area contributed by atoms with E-state index in [1.165, 1.54) is 5.57 Å². The number of hydrogen-bond acceptors (Lipinski definition) is 1. The number of allylic oxidation sites excluding steroid dienone is 2. The van der Waals surface area contributed by atoms with Gasteiger partial charge in [0.05, 0.1) is 5.92 Å². The molecular weight excluding hydrogens is 174 g/mol. The molecule has 0 aromatic heterocycles. The Hall–Kier alpha value is -0.790. The molecule has 0 bridgehead atoms. The highest BCUT2D eigenvalue weighted by molar-refractivity contribution is 5.83. The molecule has 1 rings (SSSR count). The van der Waals surface area contributed by atoms with Gasteiger partial charge in [-0.25, -0.2) is 0 Å². The lowest BCUT2D eigenvalue weighted by Gasteiger charge is -2.10. The first-order valence-corrected chi connectivity index (χ1v) is 5.14. The zero-order valence-corrected chi connectivity index (χ0v) is 10.1. The van der Waals surface area contributed by atoms with E-state index in [4.69, 9.17) is 0 Å². The molecule has 2 heteroatoms. The molecule has 2 atom stereocenters. The summed E-state index contributed by atoms with van der Waals surface area (Å²) in [6.07, 6.45) is 2.23. The van der Waals surface area contributed by atoms with Gasteiger partial charge in [-0.3, -0.25) is 4.79 Å². The molecule has 1 aliphatic carbocycles. The quantitative estimate of drug-likeness (QED) is 0.619. The Balaban J connectivity index is 2.76. The molecule has 80 valence electrons. The molecule has 0 unspecified atom stereocenters. The molecule has 0 radical (unpaired) electrons. The van der Waals surface area contributed by atoms with Crippen LogP contribution in [0.3, 0.4) is 0 Å². The van der Waals surface area contributed by atoms with Gasteiger partial charge in [0.2, 0.25) is 5.91 Å². The lowest BCUT2D eigenvalue weighted by atomic mass is 10.1. The number of amides is 1. The summed E-state index contributed by atoms with van der Waals surface area (Å²) in [7, 11) is 3.66. The van der Waals surface area contributed by atoms with E-state index in [0.717, 1.165) is 0 Å². The Kier molecular flexibility index (Phi) is 2.75. The molecule has 0 aromatic carbocycles. The van der Waals surface area contributed by atoms with Gasteiger partial charge in [0.15, 0.2) is 0 Å². The van der Waals surface area contributed by atoms with Gasteiger partial charge >= 0.3 is 0 Å². The van der Waals surface area contributed by atoms with Gasteiger partial charge in [0, 0.05) is 14.1 Å². The molecule has 1 saturated carbocycles. The van der Waals surface area contributed by atoms with Crippen LogP contribution in [0.15, 0.2) is 11.6 Å². The van der Waals surface area contributed by atoms with E-state index >= 15 is 0 Å². The fraction of sp³-hybridized carbons (Fsp3) is 0.750. The van der Waals surface area contributed by atoms with Crippen LogP contribution in [-0.2, 0) is 4.79 Å². The number of nitrogens with zero attached hydrogens (tertiary/aromatic N) is 1. The van der Waals surface area contributed by atoms with Crippen molar-refractivity contribution in [1.82, 2.24) is 4.90 Å². The third-order valence-electron chi connectivity index (χ3n) is 3.13. The predicted molar refractivity (Wildman–Crippen MR) is 58.9 cm³/mol. The number of carbonyl (C=O) groups excluding carboxylic acids is 1. The summed E-state index contributed by atoms with van der Waals surface area (Å²) in [6, 6.07) is 0. The first-order valence-electron chi connectivity index (χ1n) is 5.14. The lowest BCUT2D eigenvalue weighted by Crippen LogP contribution is -2.25. The van der Waals surface area contributed by atoms with Gasteiger partial charge in [0.25, 0.3) is 0 Å². The fourth-order valence-electron chi connectivity index (χ4n) is 2.10. The molecule has 1 amide bonds. The van der Waals surface area contributed by atoms with Gasteiger partial charge in [-0.15, -0.1) is 0 Å². The number of hydrogen-bond donors (Lipinski definition) is 0. The van der Waals surface area contributed by atoms with Crippen LogP contribution in [0, 0.1) is 17.3 Å². The van der Waals surface area contributed by atoms with Crippen LogP contribution in [0.4, 0.5) is 0 Å². The van der Waals surface area contributed by atoms with Crippen LogP contribution in [0.25, 0.3) is 0 Å². The second kappa shape index (κ2) is 3.41. The first kappa shape index (κ1) is 11.3. The lowest BCUT2D eigenvalue weighted by molar-refractivity contribution is -0.130. The Bertz CT molecular complexity index is 272. The van der Waals surface area contributed by atoms with Crippen molar-refractivity contribution in [3.63, 3.8) is 0 Å². The minimum absolute atomic E-state index is 0.151. The van der Waals surface area contributed by atoms with E-state index < -0.39 is 0 Å². The van der Waals surface area contributed by atoms with Crippen LogP contribution in [0.1, 0.15) is 27.7 Å². The van der Waals surface area contributed by atoms with E-state index in [1.54, 1.807) is 4.90 Å². The van der Waals surface area contributed by atoms with E-state index in [1.807, 2.05) is 14.1 Å². The van der Waals surface area contributed by atoms with Crippen molar-refractivity contribution in [3.05, 3.63) is 11.6 Å². The standard InChI is InChI=1S/C12H21NO/c1-8(2)7-9-10(12(9,3)4)11(14)13(5)6/h7,9-10H,1-6H3/t9-,10+/m0/s1. The highest BCUT2D eigenvalue weighted by atomic mass is 16.2. The third kappa shape index (κ3) is 1.84. The smallest absolute Gasteiger partial charge is 0.226 e. The summed E-state index contributed by atoms with van der Waals surface area (Å²) >= 11 is 0. The maximum atomic E-state index is 11.8. The molecule has 1 fully saturated rings. The molecule has 0 spiro atoms. The Labute approximate surface area is 87.0 Å². The Morgan fingerprint density at radius 1 is 1.29 bits per heavy atom. The molecule has 0 aliphatic heterocycles. The normalized spacial score (nSPS) is 28.1. The fourth-order valence-corrected chi connectivity index (χ4v) is 2.10. The van der Waals surface area contributed by atoms with E-state index in [0.29, 0.717) is 5.92 Å².